The van der Waals surface area contributed by atoms with Crippen LogP contribution in [-0.2, 0) is 11.2 Å². The van der Waals surface area contributed by atoms with Crippen LogP contribution in [0.25, 0.3) is 11.1 Å². The van der Waals surface area contributed by atoms with E-state index in [2.05, 4.69) is 10.6 Å². The summed E-state index contributed by atoms with van der Waals surface area (Å²) in [6.07, 6.45) is -3.00. The first-order valence-corrected chi connectivity index (χ1v) is 8.88. The molecule has 2 aromatic carbocycles. The molecular weight excluding hydrogens is 381 g/mol. The summed E-state index contributed by atoms with van der Waals surface area (Å²) in [6, 6.07) is 13.8. The van der Waals surface area contributed by atoms with E-state index in [1.165, 1.54) is 12.1 Å². The second-order valence-electron chi connectivity index (χ2n) is 6.92. The highest BCUT2D eigenvalue weighted by Crippen LogP contribution is 2.31. The Morgan fingerprint density at radius 3 is 2.28 bits per heavy atom. The second-order valence-corrected chi connectivity index (χ2v) is 6.92. The van der Waals surface area contributed by atoms with Crippen molar-refractivity contribution in [3.63, 3.8) is 0 Å². The van der Waals surface area contributed by atoms with Gasteiger partial charge in [0.25, 0.3) is 6.43 Å². The molecule has 0 aromatic heterocycles. The van der Waals surface area contributed by atoms with Gasteiger partial charge in [-0.3, -0.25) is 4.79 Å². The third-order valence-electron chi connectivity index (χ3n) is 5.04. The highest BCUT2D eigenvalue weighted by atomic mass is 19.3. The maximum atomic E-state index is 14.6. The molecule has 1 heterocycles. The minimum absolute atomic E-state index is 0.144. The first-order valence-electron chi connectivity index (χ1n) is 8.88. The maximum absolute atomic E-state index is 14.6. The zero-order chi connectivity index (χ0) is 21.0. The Kier molecular flexibility index (Phi) is 5.86. The topological polar surface area (TPSA) is 88.7 Å². The largest absolute Gasteiger partial charge is 0.339 e. The van der Waals surface area contributed by atoms with Crippen LogP contribution in [0.15, 0.2) is 42.5 Å². The molecule has 0 spiro atoms. The molecule has 148 valence electrons. The van der Waals surface area contributed by atoms with Gasteiger partial charge in [0.05, 0.1) is 17.7 Å². The van der Waals surface area contributed by atoms with Crippen LogP contribution < -0.4 is 10.6 Å². The molecule has 5 nitrogen and oxygen atoms in total. The van der Waals surface area contributed by atoms with Crippen LogP contribution in [0.2, 0.25) is 0 Å². The number of alkyl halides is 2. The Labute approximate surface area is 165 Å². The molecule has 0 bridgehead atoms. The molecule has 1 saturated heterocycles. The van der Waals surface area contributed by atoms with E-state index in [1.807, 2.05) is 12.1 Å². The van der Waals surface area contributed by atoms with Crippen molar-refractivity contribution in [3.05, 3.63) is 59.4 Å². The van der Waals surface area contributed by atoms with E-state index in [1.54, 1.807) is 30.3 Å². The van der Waals surface area contributed by atoms with Crippen molar-refractivity contribution >= 4 is 5.91 Å². The molecule has 29 heavy (non-hydrogen) atoms. The highest BCUT2D eigenvalue weighted by Gasteiger charge is 2.52. The predicted molar refractivity (Wildman–Crippen MR) is 99.1 cm³/mol. The Morgan fingerprint density at radius 1 is 1.14 bits per heavy atom. The van der Waals surface area contributed by atoms with E-state index in [0.717, 1.165) is 5.56 Å². The van der Waals surface area contributed by atoms with Gasteiger partial charge in [-0.1, -0.05) is 24.3 Å². The van der Waals surface area contributed by atoms with Gasteiger partial charge in [0.15, 0.2) is 0 Å². The molecule has 2 N–H and O–H groups in total. The van der Waals surface area contributed by atoms with Gasteiger partial charge in [-0.05, 0) is 34.9 Å². The maximum Gasteiger partial charge on any atom is 0.255 e. The van der Waals surface area contributed by atoms with Gasteiger partial charge in [-0.2, -0.15) is 10.5 Å². The lowest BCUT2D eigenvalue weighted by Gasteiger charge is -2.40. The molecule has 3 rings (SSSR count). The van der Waals surface area contributed by atoms with E-state index in [4.69, 9.17) is 5.26 Å². The molecule has 1 atom stereocenters. The van der Waals surface area contributed by atoms with Crippen LogP contribution in [-0.4, -0.2) is 31.5 Å². The number of rotatable bonds is 6. The van der Waals surface area contributed by atoms with Gasteiger partial charge in [0.1, 0.15) is 17.3 Å². The number of amides is 1. The molecular formula is C21H17F3N4O. The van der Waals surface area contributed by atoms with Gasteiger partial charge in [0, 0.05) is 19.5 Å². The van der Waals surface area contributed by atoms with Crippen LogP contribution in [0.3, 0.4) is 0 Å². The van der Waals surface area contributed by atoms with Crippen LogP contribution in [0, 0.1) is 33.9 Å². The average Bonchev–Trinajstić information content (AvgIpc) is 2.67. The summed E-state index contributed by atoms with van der Waals surface area (Å²) in [5.74, 6) is -1.48. The number of halogens is 3. The first kappa shape index (κ1) is 20.4. The Bertz CT molecular complexity index is 988. The Hall–Kier alpha value is -3.36. The lowest BCUT2D eigenvalue weighted by molar-refractivity contribution is -0.146. The predicted octanol–water partition coefficient (Wildman–Crippen LogP) is 2.77. The number of benzene rings is 2. The SMILES string of the molecule is N#Cc1ccc(-c2ccc(CC(C#N)NC(=O)C3(C(F)F)CNC3)c(F)c2)cc1. The number of carbonyl (C=O) groups is 1. The van der Waals surface area contributed by atoms with Crippen molar-refractivity contribution in [2.24, 2.45) is 5.41 Å². The molecule has 1 unspecified atom stereocenters. The number of hydrogen-bond acceptors (Lipinski definition) is 4. The first-order chi connectivity index (χ1) is 13.9. The van der Waals surface area contributed by atoms with E-state index in [-0.39, 0.29) is 25.1 Å². The molecule has 0 radical (unpaired) electrons. The second kappa shape index (κ2) is 8.34. The molecule has 2 aromatic rings. The van der Waals surface area contributed by atoms with Crippen LogP contribution in [0.4, 0.5) is 13.2 Å². The van der Waals surface area contributed by atoms with Gasteiger partial charge in [0.2, 0.25) is 5.91 Å². The van der Waals surface area contributed by atoms with Crippen LogP contribution in [0.1, 0.15) is 11.1 Å². The normalized spacial score (nSPS) is 15.7. The van der Waals surface area contributed by atoms with Gasteiger partial charge >= 0.3 is 0 Å². The fourth-order valence-electron chi connectivity index (χ4n) is 3.09. The summed E-state index contributed by atoms with van der Waals surface area (Å²) in [5, 5.41) is 23.1. The van der Waals surface area contributed by atoms with E-state index in [0.29, 0.717) is 11.1 Å². The van der Waals surface area contributed by atoms with Gasteiger partial charge in [-0.15, -0.1) is 0 Å². The van der Waals surface area contributed by atoms with E-state index >= 15 is 0 Å². The number of hydrogen-bond donors (Lipinski definition) is 2. The van der Waals surface area contributed by atoms with Gasteiger partial charge < -0.3 is 10.6 Å². The van der Waals surface area contributed by atoms with Crippen molar-refractivity contribution < 1.29 is 18.0 Å². The van der Waals surface area contributed by atoms with Crippen LogP contribution in [0.5, 0.6) is 0 Å². The summed E-state index contributed by atoms with van der Waals surface area (Å²) in [5.41, 5.74) is 0.141. The summed E-state index contributed by atoms with van der Waals surface area (Å²) in [4.78, 5) is 12.2. The summed E-state index contributed by atoms with van der Waals surface area (Å²) in [6.45, 7) is -0.329. The zero-order valence-corrected chi connectivity index (χ0v) is 15.3. The summed E-state index contributed by atoms with van der Waals surface area (Å²) >= 11 is 0. The highest BCUT2D eigenvalue weighted by molar-refractivity contribution is 5.85. The van der Waals surface area contributed by atoms with Crippen molar-refractivity contribution in [2.75, 3.05) is 13.1 Å². The monoisotopic (exact) mass is 398 g/mol. The number of nitriles is 2. The fourth-order valence-corrected chi connectivity index (χ4v) is 3.09. The van der Waals surface area contributed by atoms with Crippen molar-refractivity contribution in [1.82, 2.24) is 10.6 Å². The summed E-state index contributed by atoms with van der Waals surface area (Å²) < 4.78 is 41.0. The molecule has 1 aliphatic heterocycles. The number of nitrogens with one attached hydrogen (secondary N) is 2. The third-order valence-corrected chi connectivity index (χ3v) is 5.04. The Morgan fingerprint density at radius 2 is 1.79 bits per heavy atom. The Balaban J connectivity index is 1.72. The van der Waals surface area contributed by atoms with E-state index < -0.39 is 29.6 Å². The molecule has 0 saturated carbocycles. The third kappa shape index (κ3) is 4.08. The van der Waals surface area contributed by atoms with Gasteiger partial charge in [-0.25, -0.2) is 13.2 Å². The molecule has 1 fully saturated rings. The van der Waals surface area contributed by atoms with Crippen molar-refractivity contribution in [2.45, 2.75) is 18.9 Å². The average molecular weight is 398 g/mol. The quantitative estimate of drug-likeness (QED) is 0.783. The zero-order valence-electron chi connectivity index (χ0n) is 15.3. The molecule has 8 heteroatoms. The molecule has 0 aliphatic carbocycles. The van der Waals surface area contributed by atoms with Crippen molar-refractivity contribution in [3.8, 4) is 23.3 Å². The molecule has 1 aliphatic rings. The minimum atomic E-state index is -2.86. The van der Waals surface area contributed by atoms with Crippen molar-refractivity contribution in [1.29, 1.82) is 10.5 Å². The smallest absolute Gasteiger partial charge is 0.255 e. The molecule has 1 amide bonds. The lowest BCUT2D eigenvalue weighted by Crippen LogP contribution is -2.66. The minimum Gasteiger partial charge on any atom is -0.339 e. The standard InChI is InChI=1S/C21H17F3N4O/c22-18-8-15(14-3-1-13(9-25)2-4-14)5-6-16(18)7-17(10-26)28-20(29)21(19(23)24)11-27-12-21/h1-6,8,17,19,27H,7,11-12H2,(H,28,29). The summed E-state index contributed by atoms with van der Waals surface area (Å²) in [7, 11) is 0. The number of nitrogens with zero attached hydrogens (tertiary/aromatic N) is 2. The number of carbonyl (C=O) groups excluding carboxylic acids is 1. The fraction of sp³-hybridized carbons (Fsp3) is 0.286. The van der Waals surface area contributed by atoms with E-state index in [9.17, 15) is 23.2 Å². The van der Waals surface area contributed by atoms with Crippen LogP contribution >= 0.6 is 0 Å². The lowest BCUT2D eigenvalue weighted by atomic mass is 9.81.